The molecule has 1 aliphatic heterocycles. The average Bonchev–Trinajstić information content (AvgIpc) is 2.40. The molecule has 1 saturated heterocycles. The molecule has 0 saturated carbocycles. The fourth-order valence-corrected chi connectivity index (χ4v) is 4.93. The molecular formula is C15H23BrN2O2S. The Morgan fingerprint density at radius 3 is 2.38 bits per heavy atom. The molecule has 2 atom stereocenters. The molecule has 1 aromatic rings. The molecule has 2 rings (SSSR count). The maximum atomic E-state index is 12.7. The van der Waals surface area contributed by atoms with E-state index in [1.807, 2.05) is 24.3 Å². The summed E-state index contributed by atoms with van der Waals surface area (Å²) < 4.78 is 29.5. The van der Waals surface area contributed by atoms with Crippen LogP contribution >= 0.6 is 15.9 Å². The van der Waals surface area contributed by atoms with Crippen LogP contribution in [0.5, 0.6) is 0 Å². The van der Waals surface area contributed by atoms with E-state index in [0.717, 1.165) is 16.5 Å². The minimum atomic E-state index is -3.40. The summed E-state index contributed by atoms with van der Waals surface area (Å²) in [6.07, 6.45) is 1.10. The Kier molecular flexibility index (Phi) is 5.46. The first kappa shape index (κ1) is 16.9. The van der Waals surface area contributed by atoms with Crippen LogP contribution in [0.15, 0.2) is 28.7 Å². The van der Waals surface area contributed by atoms with Crippen molar-refractivity contribution in [3.63, 3.8) is 0 Å². The fourth-order valence-electron chi connectivity index (χ4n) is 2.94. The highest BCUT2D eigenvalue weighted by Crippen LogP contribution is 2.25. The third-order valence-corrected chi connectivity index (χ3v) is 6.55. The van der Waals surface area contributed by atoms with Gasteiger partial charge in [-0.2, -0.15) is 17.0 Å². The Balaban J connectivity index is 2.13. The molecule has 0 spiro atoms. The van der Waals surface area contributed by atoms with E-state index in [-0.39, 0.29) is 0 Å². The van der Waals surface area contributed by atoms with Crippen molar-refractivity contribution in [2.45, 2.75) is 26.8 Å². The van der Waals surface area contributed by atoms with Crippen LogP contribution in [-0.2, 0) is 16.8 Å². The molecule has 21 heavy (non-hydrogen) atoms. The predicted molar refractivity (Wildman–Crippen MR) is 89.0 cm³/mol. The molecule has 1 aliphatic rings. The normalized spacial score (nSPS) is 24.4. The zero-order valence-electron chi connectivity index (χ0n) is 12.8. The van der Waals surface area contributed by atoms with Crippen molar-refractivity contribution >= 4 is 26.1 Å². The van der Waals surface area contributed by atoms with E-state index in [1.165, 1.54) is 4.31 Å². The number of benzene rings is 1. The molecule has 0 amide bonds. The summed E-state index contributed by atoms with van der Waals surface area (Å²) in [5.74, 6) is 0.834. The van der Waals surface area contributed by atoms with Gasteiger partial charge in [0.2, 0.25) is 0 Å². The number of rotatable bonds is 4. The van der Waals surface area contributed by atoms with Crippen molar-refractivity contribution in [2.24, 2.45) is 11.8 Å². The summed E-state index contributed by atoms with van der Waals surface area (Å²) in [6.45, 7) is 5.85. The van der Waals surface area contributed by atoms with E-state index >= 15 is 0 Å². The van der Waals surface area contributed by atoms with Gasteiger partial charge in [0.05, 0.1) is 0 Å². The number of nitrogens with zero attached hydrogens (tertiary/aromatic N) is 2. The standard InChI is InChI=1S/C15H23BrN2O2S/c1-12-8-13(2)10-18(9-12)21(19,20)17(3)11-14-6-4-5-7-15(14)16/h4-7,12-13H,8-11H2,1-3H3. The van der Waals surface area contributed by atoms with E-state index in [2.05, 4.69) is 29.8 Å². The highest BCUT2D eigenvalue weighted by molar-refractivity contribution is 9.10. The van der Waals surface area contributed by atoms with Crippen LogP contribution in [-0.4, -0.2) is 37.2 Å². The first-order valence-corrected chi connectivity index (χ1v) is 9.44. The fraction of sp³-hybridized carbons (Fsp3) is 0.600. The zero-order chi connectivity index (χ0) is 15.6. The molecule has 2 unspecified atom stereocenters. The zero-order valence-corrected chi connectivity index (χ0v) is 15.2. The van der Waals surface area contributed by atoms with Gasteiger partial charge < -0.3 is 0 Å². The molecule has 0 aliphatic carbocycles. The van der Waals surface area contributed by atoms with E-state index in [9.17, 15) is 8.42 Å². The maximum Gasteiger partial charge on any atom is 0.282 e. The third kappa shape index (κ3) is 4.06. The molecule has 0 radical (unpaired) electrons. The summed E-state index contributed by atoms with van der Waals surface area (Å²) in [5, 5.41) is 0. The van der Waals surface area contributed by atoms with Crippen molar-refractivity contribution in [2.75, 3.05) is 20.1 Å². The van der Waals surface area contributed by atoms with Crippen LogP contribution in [0.25, 0.3) is 0 Å². The summed E-state index contributed by atoms with van der Waals surface area (Å²) >= 11 is 3.47. The van der Waals surface area contributed by atoms with Crippen molar-refractivity contribution in [1.29, 1.82) is 0 Å². The molecular weight excluding hydrogens is 352 g/mol. The number of piperidine rings is 1. The second-order valence-electron chi connectivity index (χ2n) is 6.12. The van der Waals surface area contributed by atoms with Crippen molar-refractivity contribution in [3.05, 3.63) is 34.3 Å². The van der Waals surface area contributed by atoms with Crippen LogP contribution in [0.2, 0.25) is 0 Å². The van der Waals surface area contributed by atoms with Crippen molar-refractivity contribution < 1.29 is 8.42 Å². The van der Waals surface area contributed by atoms with E-state index in [0.29, 0.717) is 31.5 Å². The van der Waals surface area contributed by atoms with Gasteiger partial charge in [0.25, 0.3) is 10.2 Å². The van der Waals surface area contributed by atoms with Crippen LogP contribution < -0.4 is 0 Å². The van der Waals surface area contributed by atoms with Gasteiger partial charge in [-0.05, 0) is 29.9 Å². The predicted octanol–water partition coefficient (Wildman–Crippen LogP) is 3.10. The molecule has 0 bridgehead atoms. The largest absolute Gasteiger partial charge is 0.282 e. The van der Waals surface area contributed by atoms with Crippen LogP contribution in [0.1, 0.15) is 25.8 Å². The molecule has 1 heterocycles. The smallest absolute Gasteiger partial charge is 0.195 e. The van der Waals surface area contributed by atoms with Gasteiger partial charge in [0.1, 0.15) is 0 Å². The van der Waals surface area contributed by atoms with Crippen LogP contribution in [0, 0.1) is 11.8 Å². The SMILES string of the molecule is CC1CC(C)CN(S(=O)(=O)N(C)Cc2ccccc2Br)C1. The van der Waals surface area contributed by atoms with Crippen molar-refractivity contribution in [3.8, 4) is 0 Å². The first-order valence-electron chi connectivity index (χ1n) is 7.25. The number of hydrogen-bond acceptors (Lipinski definition) is 2. The highest BCUT2D eigenvalue weighted by Gasteiger charge is 2.33. The molecule has 0 N–H and O–H groups in total. The van der Waals surface area contributed by atoms with E-state index in [4.69, 9.17) is 0 Å². The Morgan fingerprint density at radius 1 is 1.24 bits per heavy atom. The summed E-state index contributed by atoms with van der Waals surface area (Å²) in [5.41, 5.74) is 0.974. The summed E-state index contributed by atoms with van der Waals surface area (Å²) in [6, 6.07) is 7.72. The molecule has 6 heteroatoms. The topological polar surface area (TPSA) is 40.6 Å². The van der Waals surface area contributed by atoms with Gasteiger partial charge in [-0.3, -0.25) is 0 Å². The van der Waals surface area contributed by atoms with Gasteiger partial charge in [0, 0.05) is 31.2 Å². The average molecular weight is 375 g/mol. The second kappa shape index (κ2) is 6.77. The van der Waals surface area contributed by atoms with Gasteiger partial charge in [0.15, 0.2) is 0 Å². The molecule has 1 aromatic carbocycles. The monoisotopic (exact) mass is 374 g/mol. The lowest BCUT2D eigenvalue weighted by atomic mass is 9.94. The Morgan fingerprint density at radius 2 is 1.81 bits per heavy atom. The van der Waals surface area contributed by atoms with Gasteiger partial charge in [-0.15, -0.1) is 0 Å². The van der Waals surface area contributed by atoms with Crippen LogP contribution in [0.4, 0.5) is 0 Å². The number of hydrogen-bond donors (Lipinski definition) is 0. The highest BCUT2D eigenvalue weighted by atomic mass is 79.9. The van der Waals surface area contributed by atoms with E-state index in [1.54, 1.807) is 11.4 Å². The molecule has 1 fully saturated rings. The lowest BCUT2D eigenvalue weighted by molar-refractivity contribution is 0.211. The quantitative estimate of drug-likeness (QED) is 0.812. The Hall–Kier alpha value is -0.430. The number of halogens is 1. The Labute approximate surface area is 136 Å². The summed E-state index contributed by atoms with van der Waals surface area (Å²) in [7, 11) is -1.75. The second-order valence-corrected chi connectivity index (χ2v) is 9.01. The molecule has 4 nitrogen and oxygen atoms in total. The van der Waals surface area contributed by atoms with E-state index < -0.39 is 10.2 Å². The van der Waals surface area contributed by atoms with Crippen molar-refractivity contribution in [1.82, 2.24) is 8.61 Å². The van der Waals surface area contributed by atoms with Gasteiger partial charge >= 0.3 is 0 Å². The lowest BCUT2D eigenvalue weighted by Gasteiger charge is -2.36. The lowest BCUT2D eigenvalue weighted by Crippen LogP contribution is -2.48. The maximum absolute atomic E-state index is 12.7. The Bertz CT molecular complexity index is 581. The van der Waals surface area contributed by atoms with Gasteiger partial charge in [-0.1, -0.05) is 48.0 Å². The minimum Gasteiger partial charge on any atom is -0.195 e. The van der Waals surface area contributed by atoms with Crippen LogP contribution in [0.3, 0.4) is 0 Å². The first-order chi connectivity index (χ1) is 9.80. The minimum absolute atomic E-state index is 0.378. The van der Waals surface area contributed by atoms with Gasteiger partial charge in [-0.25, -0.2) is 0 Å². The third-order valence-electron chi connectivity index (χ3n) is 3.91. The summed E-state index contributed by atoms with van der Waals surface area (Å²) in [4.78, 5) is 0. The molecule has 118 valence electrons. The molecule has 0 aromatic heterocycles.